The number of furan rings is 1. The number of fused-ring (bicyclic) bond motifs is 1. The Balaban J connectivity index is 1.65. The van der Waals surface area contributed by atoms with Gasteiger partial charge < -0.3 is 9.32 Å². The van der Waals surface area contributed by atoms with Gasteiger partial charge in [0, 0.05) is 18.3 Å². The second-order valence-electron chi connectivity index (χ2n) is 6.69. The lowest BCUT2D eigenvalue weighted by Crippen LogP contribution is -2.27. The summed E-state index contributed by atoms with van der Waals surface area (Å²) in [7, 11) is 1.75. The van der Waals surface area contributed by atoms with E-state index in [1.54, 1.807) is 28.8 Å². The molecule has 0 aliphatic heterocycles. The predicted octanol–water partition coefficient (Wildman–Crippen LogP) is 3.67. The van der Waals surface area contributed by atoms with Crippen molar-refractivity contribution in [2.75, 3.05) is 7.05 Å². The van der Waals surface area contributed by atoms with E-state index < -0.39 is 0 Å². The summed E-state index contributed by atoms with van der Waals surface area (Å²) >= 11 is 0. The molecule has 2 heterocycles. The van der Waals surface area contributed by atoms with Crippen LogP contribution in [-0.2, 0) is 19.4 Å². The Labute approximate surface area is 151 Å². The Kier molecular flexibility index (Phi) is 4.11. The third-order valence-corrected chi connectivity index (χ3v) is 4.74. The van der Waals surface area contributed by atoms with E-state index in [9.17, 15) is 9.18 Å². The third-order valence-electron chi connectivity index (χ3n) is 4.74. The smallest absolute Gasteiger partial charge is 0.274 e. The number of carbonyl (C=O) groups excluding carboxylic acids is 1. The van der Waals surface area contributed by atoms with Gasteiger partial charge in [-0.15, -0.1) is 0 Å². The van der Waals surface area contributed by atoms with Crippen molar-refractivity contribution in [3.05, 3.63) is 70.7 Å². The molecule has 4 rings (SSSR count). The van der Waals surface area contributed by atoms with Crippen molar-refractivity contribution < 1.29 is 13.6 Å². The van der Waals surface area contributed by atoms with E-state index in [4.69, 9.17) is 4.42 Å². The summed E-state index contributed by atoms with van der Waals surface area (Å²) in [6.07, 6.45) is 2.70. The average Bonchev–Trinajstić information content (AvgIpc) is 3.32. The van der Waals surface area contributed by atoms with Crippen molar-refractivity contribution in [3.63, 3.8) is 0 Å². The molecule has 1 aliphatic carbocycles. The van der Waals surface area contributed by atoms with E-state index >= 15 is 0 Å². The first-order valence-electron chi connectivity index (χ1n) is 8.70. The van der Waals surface area contributed by atoms with Crippen LogP contribution in [-0.4, -0.2) is 27.6 Å². The van der Waals surface area contributed by atoms with Gasteiger partial charge in [0.05, 0.1) is 12.2 Å². The minimum Gasteiger partial charge on any atom is -0.464 e. The fourth-order valence-electron chi connectivity index (χ4n) is 3.46. The van der Waals surface area contributed by atoms with Crippen LogP contribution in [0.2, 0.25) is 0 Å². The maximum atomic E-state index is 13.2. The summed E-state index contributed by atoms with van der Waals surface area (Å²) < 4.78 is 20.6. The van der Waals surface area contributed by atoms with E-state index in [-0.39, 0.29) is 11.7 Å². The summed E-state index contributed by atoms with van der Waals surface area (Å²) in [5, 5.41) is 4.57. The molecule has 0 N–H and O–H groups in total. The fraction of sp³-hybridized carbons (Fsp3) is 0.300. The number of hydrogen-bond donors (Lipinski definition) is 0. The van der Waals surface area contributed by atoms with E-state index in [1.807, 2.05) is 19.1 Å². The first-order chi connectivity index (χ1) is 12.5. The monoisotopic (exact) mass is 353 g/mol. The Morgan fingerprint density at radius 3 is 2.69 bits per heavy atom. The van der Waals surface area contributed by atoms with Crippen molar-refractivity contribution in [2.45, 2.75) is 32.7 Å². The number of rotatable bonds is 4. The minimum atomic E-state index is -0.290. The van der Waals surface area contributed by atoms with Crippen LogP contribution in [0.25, 0.3) is 5.69 Å². The SMILES string of the molecule is Cc1ccc(CN(C)C(=O)c2nn(-c3ccc(F)cc3)c3c2CCC3)o1. The van der Waals surface area contributed by atoms with Crippen LogP contribution in [0.1, 0.15) is 39.7 Å². The molecule has 1 aromatic carbocycles. The average molecular weight is 353 g/mol. The van der Waals surface area contributed by atoms with Gasteiger partial charge in [-0.1, -0.05) is 0 Å². The summed E-state index contributed by atoms with van der Waals surface area (Å²) in [4.78, 5) is 14.6. The molecule has 0 bridgehead atoms. The number of carbonyl (C=O) groups is 1. The number of halogens is 1. The van der Waals surface area contributed by atoms with Crippen molar-refractivity contribution >= 4 is 5.91 Å². The lowest BCUT2D eigenvalue weighted by molar-refractivity contribution is 0.0767. The number of benzene rings is 1. The molecule has 3 aromatic rings. The summed E-state index contributed by atoms with van der Waals surface area (Å²) in [5.41, 5.74) is 3.30. The largest absolute Gasteiger partial charge is 0.464 e. The molecule has 26 heavy (non-hydrogen) atoms. The van der Waals surface area contributed by atoms with Crippen molar-refractivity contribution in [1.29, 1.82) is 0 Å². The zero-order valence-corrected chi connectivity index (χ0v) is 14.8. The van der Waals surface area contributed by atoms with Crippen LogP contribution >= 0.6 is 0 Å². The van der Waals surface area contributed by atoms with Gasteiger partial charge in [0.15, 0.2) is 5.69 Å². The van der Waals surface area contributed by atoms with Gasteiger partial charge in [0.1, 0.15) is 17.3 Å². The summed E-state index contributed by atoms with van der Waals surface area (Å²) in [6, 6.07) is 9.95. The molecule has 5 nitrogen and oxygen atoms in total. The zero-order valence-electron chi connectivity index (χ0n) is 14.8. The number of nitrogens with zero attached hydrogens (tertiary/aromatic N) is 3. The molecule has 134 valence electrons. The molecule has 0 unspecified atom stereocenters. The second kappa shape index (κ2) is 6.44. The first kappa shape index (κ1) is 16.6. The van der Waals surface area contributed by atoms with Crippen molar-refractivity contribution in [1.82, 2.24) is 14.7 Å². The normalized spacial score (nSPS) is 13.0. The Morgan fingerprint density at radius 2 is 2.00 bits per heavy atom. The van der Waals surface area contributed by atoms with Gasteiger partial charge >= 0.3 is 0 Å². The topological polar surface area (TPSA) is 51.3 Å². The molecule has 1 aliphatic rings. The maximum Gasteiger partial charge on any atom is 0.274 e. The number of aromatic nitrogens is 2. The lowest BCUT2D eigenvalue weighted by Gasteiger charge is -2.15. The lowest BCUT2D eigenvalue weighted by atomic mass is 10.2. The van der Waals surface area contributed by atoms with Gasteiger partial charge in [-0.3, -0.25) is 4.79 Å². The number of hydrogen-bond acceptors (Lipinski definition) is 3. The van der Waals surface area contributed by atoms with Crippen LogP contribution in [0.15, 0.2) is 40.8 Å². The maximum absolute atomic E-state index is 13.2. The van der Waals surface area contributed by atoms with Gasteiger partial charge in [0.2, 0.25) is 0 Å². The molecule has 0 saturated carbocycles. The molecular formula is C20H20FN3O2. The summed E-state index contributed by atoms with van der Waals surface area (Å²) in [5.74, 6) is 1.15. The third kappa shape index (κ3) is 2.92. The van der Waals surface area contributed by atoms with Gasteiger partial charge in [0.25, 0.3) is 5.91 Å². The molecule has 0 saturated heterocycles. The molecule has 0 atom stereocenters. The van der Waals surface area contributed by atoms with E-state index in [2.05, 4.69) is 5.10 Å². The van der Waals surface area contributed by atoms with Crippen molar-refractivity contribution in [2.24, 2.45) is 0 Å². The van der Waals surface area contributed by atoms with Gasteiger partial charge in [-0.2, -0.15) is 5.10 Å². The quantitative estimate of drug-likeness (QED) is 0.719. The van der Waals surface area contributed by atoms with Crippen LogP contribution < -0.4 is 0 Å². The number of aryl methyl sites for hydroxylation is 1. The zero-order chi connectivity index (χ0) is 18.3. The Morgan fingerprint density at radius 1 is 1.23 bits per heavy atom. The highest BCUT2D eigenvalue weighted by Gasteiger charge is 2.28. The highest BCUT2D eigenvalue weighted by molar-refractivity contribution is 5.94. The molecule has 6 heteroatoms. The van der Waals surface area contributed by atoms with E-state index in [0.29, 0.717) is 12.2 Å². The van der Waals surface area contributed by atoms with Gasteiger partial charge in [-0.05, 0) is 62.6 Å². The first-order valence-corrected chi connectivity index (χ1v) is 8.70. The highest BCUT2D eigenvalue weighted by Crippen LogP contribution is 2.28. The molecule has 1 amide bonds. The Hall–Kier alpha value is -2.89. The van der Waals surface area contributed by atoms with Crippen LogP contribution in [0.4, 0.5) is 4.39 Å². The molecule has 0 radical (unpaired) electrons. The van der Waals surface area contributed by atoms with Crippen LogP contribution in [0.5, 0.6) is 0 Å². The minimum absolute atomic E-state index is 0.127. The highest BCUT2D eigenvalue weighted by atomic mass is 19.1. The molecule has 0 fully saturated rings. The Bertz CT molecular complexity index is 956. The van der Waals surface area contributed by atoms with Crippen LogP contribution in [0, 0.1) is 12.7 Å². The second-order valence-corrected chi connectivity index (χ2v) is 6.69. The van der Waals surface area contributed by atoms with E-state index in [1.165, 1.54) is 12.1 Å². The van der Waals surface area contributed by atoms with E-state index in [0.717, 1.165) is 47.7 Å². The fourth-order valence-corrected chi connectivity index (χ4v) is 3.46. The van der Waals surface area contributed by atoms with Crippen molar-refractivity contribution in [3.8, 4) is 5.69 Å². The predicted molar refractivity (Wildman–Crippen MR) is 94.8 cm³/mol. The molecular weight excluding hydrogens is 333 g/mol. The summed E-state index contributed by atoms with van der Waals surface area (Å²) in [6.45, 7) is 2.27. The van der Waals surface area contributed by atoms with Gasteiger partial charge in [-0.25, -0.2) is 9.07 Å². The number of amides is 1. The molecule has 2 aromatic heterocycles. The van der Waals surface area contributed by atoms with Crippen LogP contribution in [0.3, 0.4) is 0 Å². The standard InChI is InChI=1S/C20H20FN3O2/c1-13-6-11-16(26-13)12-23(2)20(25)19-17-4-3-5-18(17)24(22-19)15-9-7-14(21)8-10-15/h6-11H,3-5,12H2,1-2H3. The molecule has 0 spiro atoms.